The SMILES string of the molecule is C=Cc1ccc(OCCOC(=O)C(=C)C)cc1. The number of hydrogen-bond acceptors (Lipinski definition) is 3. The van der Waals surface area contributed by atoms with E-state index in [0.29, 0.717) is 12.2 Å². The van der Waals surface area contributed by atoms with Gasteiger partial charge in [0.05, 0.1) is 0 Å². The Morgan fingerprint density at radius 3 is 2.47 bits per heavy atom. The summed E-state index contributed by atoms with van der Waals surface area (Å²) < 4.78 is 10.3. The summed E-state index contributed by atoms with van der Waals surface area (Å²) in [5.74, 6) is 0.345. The van der Waals surface area contributed by atoms with Gasteiger partial charge in [-0.25, -0.2) is 4.79 Å². The Morgan fingerprint density at radius 1 is 1.29 bits per heavy atom. The maximum atomic E-state index is 11.0. The highest BCUT2D eigenvalue weighted by atomic mass is 16.6. The first kappa shape index (κ1) is 13.0. The van der Waals surface area contributed by atoms with Gasteiger partial charge in [0.1, 0.15) is 19.0 Å². The van der Waals surface area contributed by atoms with Crippen LogP contribution >= 0.6 is 0 Å². The Labute approximate surface area is 101 Å². The van der Waals surface area contributed by atoms with E-state index in [1.54, 1.807) is 13.0 Å². The van der Waals surface area contributed by atoms with Crippen molar-refractivity contribution in [2.24, 2.45) is 0 Å². The van der Waals surface area contributed by atoms with Crippen LogP contribution in [0, 0.1) is 0 Å². The van der Waals surface area contributed by atoms with Crippen LogP contribution in [0.3, 0.4) is 0 Å². The second-order valence-electron chi connectivity index (χ2n) is 3.54. The highest BCUT2D eigenvalue weighted by molar-refractivity contribution is 5.86. The number of carbonyl (C=O) groups is 1. The third kappa shape index (κ3) is 4.55. The molecule has 0 radical (unpaired) electrons. The lowest BCUT2D eigenvalue weighted by molar-refractivity contribution is -0.139. The molecule has 1 aromatic carbocycles. The predicted octanol–water partition coefficient (Wildman–Crippen LogP) is 2.83. The molecule has 0 amide bonds. The summed E-state index contributed by atoms with van der Waals surface area (Å²) in [4.78, 5) is 11.0. The van der Waals surface area contributed by atoms with Crippen LogP contribution in [0.2, 0.25) is 0 Å². The Bertz CT molecular complexity index is 404. The molecular formula is C14H16O3. The molecule has 1 rings (SSSR count). The summed E-state index contributed by atoms with van der Waals surface area (Å²) in [6.45, 7) is 9.30. The van der Waals surface area contributed by atoms with Gasteiger partial charge in [-0.1, -0.05) is 31.4 Å². The molecule has 0 unspecified atom stereocenters. The number of hydrogen-bond donors (Lipinski definition) is 0. The topological polar surface area (TPSA) is 35.5 Å². The Morgan fingerprint density at radius 2 is 1.94 bits per heavy atom. The quantitative estimate of drug-likeness (QED) is 0.430. The monoisotopic (exact) mass is 232 g/mol. The van der Waals surface area contributed by atoms with Crippen molar-refractivity contribution in [1.29, 1.82) is 0 Å². The molecular weight excluding hydrogens is 216 g/mol. The van der Waals surface area contributed by atoms with Crippen molar-refractivity contribution < 1.29 is 14.3 Å². The number of carbonyl (C=O) groups excluding carboxylic acids is 1. The van der Waals surface area contributed by atoms with E-state index in [4.69, 9.17) is 9.47 Å². The smallest absolute Gasteiger partial charge is 0.333 e. The molecule has 0 saturated carbocycles. The van der Waals surface area contributed by atoms with Crippen molar-refractivity contribution in [2.75, 3.05) is 13.2 Å². The number of benzene rings is 1. The Balaban J connectivity index is 2.28. The van der Waals surface area contributed by atoms with E-state index >= 15 is 0 Å². The van der Waals surface area contributed by atoms with E-state index in [2.05, 4.69) is 13.2 Å². The minimum atomic E-state index is -0.393. The van der Waals surface area contributed by atoms with Gasteiger partial charge >= 0.3 is 5.97 Å². The van der Waals surface area contributed by atoms with E-state index in [1.807, 2.05) is 24.3 Å². The summed E-state index contributed by atoms with van der Waals surface area (Å²) >= 11 is 0. The molecule has 0 heterocycles. The van der Waals surface area contributed by atoms with Gasteiger partial charge in [-0.15, -0.1) is 0 Å². The standard InChI is InChI=1S/C14H16O3/c1-4-12-5-7-13(8-6-12)16-9-10-17-14(15)11(2)3/h4-8H,1-2,9-10H2,3H3. The molecule has 1 aromatic rings. The van der Waals surface area contributed by atoms with Crippen LogP contribution in [-0.4, -0.2) is 19.2 Å². The van der Waals surface area contributed by atoms with Gasteiger partial charge in [-0.3, -0.25) is 0 Å². The van der Waals surface area contributed by atoms with Crippen LogP contribution in [0.15, 0.2) is 43.0 Å². The van der Waals surface area contributed by atoms with Gasteiger partial charge in [-0.2, -0.15) is 0 Å². The lowest BCUT2D eigenvalue weighted by Crippen LogP contribution is -2.12. The number of rotatable bonds is 6. The van der Waals surface area contributed by atoms with E-state index in [9.17, 15) is 4.79 Å². The lowest BCUT2D eigenvalue weighted by Gasteiger charge is -2.07. The zero-order valence-electron chi connectivity index (χ0n) is 9.94. The highest BCUT2D eigenvalue weighted by Crippen LogP contribution is 2.12. The fraction of sp³-hybridized carbons (Fsp3) is 0.214. The van der Waals surface area contributed by atoms with Crippen molar-refractivity contribution in [3.05, 3.63) is 48.6 Å². The minimum absolute atomic E-state index is 0.217. The van der Waals surface area contributed by atoms with E-state index in [-0.39, 0.29) is 6.61 Å². The van der Waals surface area contributed by atoms with Crippen LogP contribution in [0.25, 0.3) is 6.08 Å². The third-order valence-electron chi connectivity index (χ3n) is 2.05. The Hall–Kier alpha value is -2.03. The van der Waals surface area contributed by atoms with Gasteiger partial charge in [0.25, 0.3) is 0 Å². The first-order valence-electron chi connectivity index (χ1n) is 5.31. The third-order valence-corrected chi connectivity index (χ3v) is 2.05. The molecule has 0 fully saturated rings. The first-order chi connectivity index (χ1) is 8.13. The fourth-order valence-corrected chi connectivity index (χ4v) is 1.12. The Kier molecular flexibility index (Phi) is 5.01. The second-order valence-corrected chi connectivity index (χ2v) is 3.54. The molecule has 0 spiro atoms. The molecule has 0 saturated heterocycles. The average molecular weight is 232 g/mol. The van der Waals surface area contributed by atoms with Gasteiger partial charge < -0.3 is 9.47 Å². The molecule has 3 heteroatoms. The van der Waals surface area contributed by atoms with Crippen molar-refractivity contribution in [1.82, 2.24) is 0 Å². The molecule has 0 aliphatic heterocycles. The van der Waals surface area contributed by atoms with E-state index in [1.165, 1.54) is 0 Å². The zero-order chi connectivity index (χ0) is 12.7. The van der Waals surface area contributed by atoms with Crippen LogP contribution in [0.4, 0.5) is 0 Å². The zero-order valence-corrected chi connectivity index (χ0v) is 9.94. The second kappa shape index (κ2) is 6.53. The van der Waals surface area contributed by atoms with Gasteiger partial charge in [0.2, 0.25) is 0 Å². The van der Waals surface area contributed by atoms with Crippen LogP contribution in [-0.2, 0) is 9.53 Å². The molecule has 0 atom stereocenters. The lowest BCUT2D eigenvalue weighted by atomic mass is 10.2. The summed E-state index contributed by atoms with van der Waals surface area (Å²) in [7, 11) is 0. The minimum Gasteiger partial charge on any atom is -0.490 e. The van der Waals surface area contributed by atoms with Crippen molar-refractivity contribution in [3.63, 3.8) is 0 Å². The summed E-state index contributed by atoms with van der Waals surface area (Å²) in [6, 6.07) is 7.50. The van der Waals surface area contributed by atoms with Gasteiger partial charge in [-0.05, 0) is 24.6 Å². The van der Waals surface area contributed by atoms with Gasteiger partial charge in [0.15, 0.2) is 0 Å². The summed E-state index contributed by atoms with van der Waals surface area (Å²) in [5.41, 5.74) is 1.42. The van der Waals surface area contributed by atoms with Crippen molar-refractivity contribution in [2.45, 2.75) is 6.92 Å². The van der Waals surface area contributed by atoms with E-state index < -0.39 is 5.97 Å². The highest BCUT2D eigenvalue weighted by Gasteiger charge is 2.02. The van der Waals surface area contributed by atoms with Gasteiger partial charge in [0, 0.05) is 5.57 Å². The normalized spacial score (nSPS) is 9.47. The molecule has 3 nitrogen and oxygen atoms in total. The fourth-order valence-electron chi connectivity index (χ4n) is 1.12. The first-order valence-corrected chi connectivity index (χ1v) is 5.31. The molecule has 0 aliphatic rings. The average Bonchev–Trinajstić information content (AvgIpc) is 2.35. The molecule has 0 bridgehead atoms. The number of esters is 1. The maximum Gasteiger partial charge on any atom is 0.333 e. The molecule has 17 heavy (non-hydrogen) atoms. The van der Waals surface area contributed by atoms with Crippen molar-refractivity contribution >= 4 is 12.0 Å². The largest absolute Gasteiger partial charge is 0.490 e. The summed E-state index contributed by atoms with van der Waals surface area (Å²) in [6.07, 6.45) is 1.76. The predicted molar refractivity (Wildman–Crippen MR) is 67.8 cm³/mol. The van der Waals surface area contributed by atoms with Crippen LogP contribution in [0.1, 0.15) is 12.5 Å². The van der Waals surface area contributed by atoms with Crippen LogP contribution < -0.4 is 4.74 Å². The molecule has 0 aromatic heterocycles. The molecule has 90 valence electrons. The molecule has 0 aliphatic carbocycles. The maximum absolute atomic E-state index is 11.0. The van der Waals surface area contributed by atoms with Crippen molar-refractivity contribution in [3.8, 4) is 5.75 Å². The van der Waals surface area contributed by atoms with E-state index in [0.717, 1.165) is 11.3 Å². The summed E-state index contributed by atoms with van der Waals surface area (Å²) in [5, 5.41) is 0. The molecule has 0 N–H and O–H groups in total. The van der Waals surface area contributed by atoms with Crippen LogP contribution in [0.5, 0.6) is 5.75 Å². The number of ether oxygens (including phenoxy) is 2.